The first-order valence-electron chi connectivity index (χ1n) is 4.90. The number of ether oxygens (including phenoxy) is 2. The van der Waals surface area contributed by atoms with Gasteiger partial charge in [0.1, 0.15) is 11.8 Å². The lowest BCUT2D eigenvalue weighted by Gasteiger charge is -2.11. The van der Waals surface area contributed by atoms with Crippen LogP contribution in [0.15, 0.2) is 12.4 Å². The Bertz CT molecular complexity index is 294. The molecule has 0 aliphatic rings. The normalized spacial score (nSPS) is 12.5. The lowest BCUT2D eigenvalue weighted by atomic mass is 10.2. The minimum absolute atomic E-state index is 0.362. The third-order valence-corrected chi connectivity index (χ3v) is 1.94. The molecule has 0 amide bonds. The highest BCUT2D eigenvalue weighted by Gasteiger charge is 2.15. The van der Waals surface area contributed by atoms with Gasteiger partial charge in [-0.2, -0.15) is 0 Å². The summed E-state index contributed by atoms with van der Waals surface area (Å²) in [4.78, 5) is 8.00. The van der Waals surface area contributed by atoms with Gasteiger partial charge in [-0.25, -0.2) is 4.98 Å². The van der Waals surface area contributed by atoms with E-state index in [-0.39, 0.29) is 0 Å². The summed E-state index contributed by atoms with van der Waals surface area (Å²) in [5.41, 5.74) is 0.458. The Morgan fingerprint density at radius 1 is 1.40 bits per heavy atom. The second-order valence-corrected chi connectivity index (χ2v) is 2.95. The van der Waals surface area contributed by atoms with Crippen LogP contribution >= 0.6 is 0 Å². The zero-order valence-electron chi connectivity index (χ0n) is 9.01. The molecule has 15 heavy (non-hydrogen) atoms. The molecule has 1 rings (SSSR count). The molecule has 0 saturated heterocycles. The Hall–Kier alpha value is -1.20. The van der Waals surface area contributed by atoms with E-state index >= 15 is 0 Å². The molecule has 0 bridgehead atoms. The van der Waals surface area contributed by atoms with Crippen molar-refractivity contribution in [3.63, 3.8) is 0 Å². The molecule has 1 N–H and O–H groups in total. The summed E-state index contributed by atoms with van der Waals surface area (Å²) in [5, 5.41) is 9.80. The van der Waals surface area contributed by atoms with Gasteiger partial charge in [-0.15, -0.1) is 0 Å². The van der Waals surface area contributed by atoms with Crippen molar-refractivity contribution in [1.82, 2.24) is 9.97 Å². The van der Waals surface area contributed by atoms with Crippen molar-refractivity contribution in [2.24, 2.45) is 0 Å². The van der Waals surface area contributed by atoms with Crippen molar-refractivity contribution >= 4 is 0 Å². The number of methoxy groups -OCH3 is 1. The highest BCUT2D eigenvalue weighted by molar-refractivity contribution is 5.19. The third kappa shape index (κ3) is 3.45. The monoisotopic (exact) mass is 212 g/mol. The summed E-state index contributed by atoms with van der Waals surface area (Å²) in [6.07, 6.45) is 2.85. The van der Waals surface area contributed by atoms with E-state index in [1.165, 1.54) is 19.5 Å². The molecule has 0 radical (unpaired) electrons. The fourth-order valence-corrected chi connectivity index (χ4v) is 1.20. The molecule has 0 aliphatic heterocycles. The van der Waals surface area contributed by atoms with Crippen LogP contribution in [0.1, 0.15) is 25.1 Å². The van der Waals surface area contributed by atoms with Crippen molar-refractivity contribution in [2.45, 2.75) is 19.4 Å². The van der Waals surface area contributed by atoms with Crippen LogP contribution in [0.4, 0.5) is 0 Å². The number of aromatic nitrogens is 2. The van der Waals surface area contributed by atoms with Gasteiger partial charge in [0, 0.05) is 32.0 Å². The number of hydrogen-bond donors (Lipinski definition) is 1. The van der Waals surface area contributed by atoms with Crippen molar-refractivity contribution in [3.05, 3.63) is 18.1 Å². The van der Waals surface area contributed by atoms with Crippen molar-refractivity contribution < 1.29 is 14.6 Å². The Labute approximate surface area is 89.1 Å². The van der Waals surface area contributed by atoms with Crippen molar-refractivity contribution in [1.29, 1.82) is 0 Å². The van der Waals surface area contributed by atoms with Crippen LogP contribution in [0, 0.1) is 0 Å². The van der Waals surface area contributed by atoms with E-state index in [9.17, 15) is 5.11 Å². The highest BCUT2D eigenvalue weighted by atomic mass is 16.5. The quantitative estimate of drug-likeness (QED) is 0.711. The van der Waals surface area contributed by atoms with Gasteiger partial charge >= 0.3 is 0 Å². The largest absolute Gasteiger partial charge is 0.480 e. The molecule has 5 nitrogen and oxygen atoms in total. The van der Waals surface area contributed by atoms with Gasteiger partial charge in [0.15, 0.2) is 0 Å². The van der Waals surface area contributed by atoms with Gasteiger partial charge in [-0.1, -0.05) is 0 Å². The van der Waals surface area contributed by atoms with Crippen molar-refractivity contribution in [2.75, 3.05) is 20.3 Å². The Kier molecular flexibility index (Phi) is 5.00. The maximum atomic E-state index is 9.80. The minimum atomic E-state index is -0.694. The van der Waals surface area contributed by atoms with Crippen LogP contribution in [0.25, 0.3) is 0 Å². The molecular weight excluding hydrogens is 196 g/mol. The highest BCUT2D eigenvalue weighted by Crippen LogP contribution is 2.21. The maximum absolute atomic E-state index is 9.80. The van der Waals surface area contributed by atoms with Gasteiger partial charge in [0.05, 0.1) is 7.11 Å². The molecule has 1 atom stereocenters. The number of aliphatic hydroxyl groups excluding tert-OH is 1. The summed E-state index contributed by atoms with van der Waals surface area (Å²) in [7, 11) is 1.50. The Morgan fingerprint density at radius 3 is 2.80 bits per heavy atom. The lowest BCUT2D eigenvalue weighted by Crippen LogP contribution is -2.07. The fourth-order valence-electron chi connectivity index (χ4n) is 1.20. The Balaban J connectivity index is 2.59. The first-order chi connectivity index (χ1) is 7.29. The summed E-state index contributed by atoms with van der Waals surface area (Å²) >= 11 is 0. The van der Waals surface area contributed by atoms with Gasteiger partial charge in [-0.3, -0.25) is 4.98 Å². The van der Waals surface area contributed by atoms with Crippen molar-refractivity contribution in [3.8, 4) is 5.88 Å². The predicted octanol–water partition coefficient (Wildman–Crippen LogP) is 0.945. The molecule has 0 saturated carbocycles. The number of nitrogens with zero attached hydrogens (tertiary/aromatic N) is 2. The molecule has 5 heteroatoms. The average molecular weight is 212 g/mol. The second-order valence-electron chi connectivity index (χ2n) is 2.95. The number of rotatable bonds is 6. The van der Waals surface area contributed by atoms with Crippen LogP contribution < -0.4 is 4.74 Å². The zero-order valence-corrected chi connectivity index (χ0v) is 9.01. The summed E-state index contributed by atoms with van der Waals surface area (Å²) in [6, 6.07) is 0. The average Bonchev–Trinajstić information content (AvgIpc) is 2.29. The van der Waals surface area contributed by atoms with Crippen LogP contribution in [0.2, 0.25) is 0 Å². The molecule has 1 unspecified atom stereocenters. The second kappa shape index (κ2) is 6.31. The molecule has 1 heterocycles. The van der Waals surface area contributed by atoms with Gasteiger partial charge in [-0.05, 0) is 6.92 Å². The lowest BCUT2D eigenvalue weighted by molar-refractivity contribution is 0.0847. The van der Waals surface area contributed by atoms with E-state index in [2.05, 4.69) is 9.97 Å². The predicted molar refractivity (Wildman–Crippen MR) is 54.7 cm³/mol. The summed E-state index contributed by atoms with van der Waals surface area (Å²) in [6.45, 7) is 3.05. The topological polar surface area (TPSA) is 64.5 Å². The first kappa shape index (κ1) is 11.9. The first-order valence-corrected chi connectivity index (χ1v) is 4.90. The van der Waals surface area contributed by atoms with E-state index < -0.39 is 6.10 Å². The van der Waals surface area contributed by atoms with Gasteiger partial charge < -0.3 is 14.6 Å². The SMILES string of the molecule is CCOCCC(O)c1nccnc1OC. The van der Waals surface area contributed by atoms with Crippen LogP contribution in [-0.4, -0.2) is 35.4 Å². The fraction of sp³-hybridized carbons (Fsp3) is 0.600. The van der Waals surface area contributed by atoms with Crippen LogP contribution in [0.5, 0.6) is 5.88 Å². The summed E-state index contributed by atoms with van der Waals surface area (Å²) in [5.74, 6) is 0.362. The molecular formula is C10H16N2O3. The standard InChI is InChI=1S/C10H16N2O3/c1-3-15-7-4-8(13)9-10(14-2)12-6-5-11-9/h5-6,8,13H,3-4,7H2,1-2H3. The van der Waals surface area contributed by atoms with E-state index in [0.29, 0.717) is 31.2 Å². The molecule has 1 aromatic heterocycles. The minimum Gasteiger partial charge on any atom is -0.480 e. The third-order valence-electron chi connectivity index (χ3n) is 1.94. The molecule has 1 aromatic rings. The van der Waals surface area contributed by atoms with E-state index in [1.807, 2.05) is 6.92 Å². The number of aliphatic hydroxyl groups is 1. The van der Waals surface area contributed by atoms with Gasteiger partial charge in [0.2, 0.25) is 5.88 Å². The molecule has 0 aromatic carbocycles. The number of hydrogen-bond acceptors (Lipinski definition) is 5. The van der Waals surface area contributed by atoms with Crippen LogP contribution in [0.3, 0.4) is 0 Å². The zero-order chi connectivity index (χ0) is 11.1. The Morgan fingerprint density at radius 2 is 2.13 bits per heavy atom. The van der Waals surface area contributed by atoms with Gasteiger partial charge in [0.25, 0.3) is 0 Å². The van der Waals surface area contributed by atoms with E-state index in [4.69, 9.17) is 9.47 Å². The summed E-state index contributed by atoms with van der Waals surface area (Å²) < 4.78 is 10.1. The molecule has 0 aliphatic carbocycles. The van der Waals surface area contributed by atoms with E-state index in [1.54, 1.807) is 0 Å². The molecule has 0 fully saturated rings. The maximum Gasteiger partial charge on any atom is 0.238 e. The van der Waals surface area contributed by atoms with E-state index in [0.717, 1.165) is 0 Å². The van der Waals surface area contributed by atoms with Crippen LogP contribution in [-0.2, 0) is 4.74 Å². The smallest absolute Gasteiger partial charge is 0.238 e. The molecule has 0 spiro atoms. The molecule has 84 valence electrons.